The van der Waals surface area contributed by atoms with E-state index >= 15 is 0 Å². The minimum Gasteiger partial charge on any atom is -0.394 e. The van der Waals surface area contributed by atoms with Crippen LogP contribution in [0.1, 0.15) is 41.5 Å². The van der Waals surface area contributed by atoms with E-state index in [9.17, 15) is 165 Å². The molecule has 31 N–H and O–H groups in total. The van der Waals surface area contributed by atoms with Gasteiger partial charge in [0.15, 0.2) is 62.9 Å². The van der Waals surface area contributed by atoms with Gasteiger partial charge >= 0.3 is 10.4 Å². The van der Waals surface area contributed by atoms with Gasteiger partial charge in [-0.15, -0.1) is 0 Å². The van der Waals surface area contributed by atoms with Gasteiger partial charge in [-0.05, 0) is 6.92 Å². The molecule has 0 saturated carbocycles. The van der Waals surface area contributed by atoms with Crippen LogP contribution in [0.3, 0.4) is 0 Å². The molecule has 0 radical (unpaired) electrons. The molecule has 59 heteroatoms. The van der Waals surface area contributed by atoms with E-state index in [4.69, 9.17) is 90.0 Å². The lowest BCUT2D eigenvalue weighted by molar-refractivity contribution is -0.398. The Kier molecular flexibility index (Phi) is 38.0. The summed E-state index contributed by atoms with van der Waals surface area (Å²) in [4.78, 5) is 64.5. The lowest BCUT2D eigenvalue weighted by atomic mass is 9.93. The van der Waals surface area contributed by atoms with E-state index in [-0.39, 0.29) is 0 Å². The topological polar surface area (TPSA) is 890 Å². The van der Waals surface area contributed by atoms with E-state index in [1.165, 1.54) is 6.92 Å². The van der Waals surface area contributed by atoms with E-state index in [0.29, 0.717) is 0 Å². The molecule has 0 unspecified atom stereocenters. The fourth-order valence-corrected chi connectivity index (χ4v) is 16.9. The summed E-state index contributed by atoms with van der Waals surface area (Å²) in [5, 5.41) is 293. The van der Waals surface area contributed by atoms with Gasteiger partial charge in [-0.1, -0.05) is 0 Å². The number of amides is 5. The Balaban J connectivity index is 0.995. The Morgan fingerprint density at radius 3 is 0.977 bits per heavy atom. The molecule has 10 fully saturated rings. The SMILES string of the molecule is CC(=O)N[C@@H]1[C@@H](O)[C@H](O[C@@H]2O[C@H](CO)[C@@H](O[C@@H]3O[C@H](CO[C@H]4O[C@H](CO)[C@@H](O)[C@H](O)[C@@H]4O[C@@H]4O[C@H](CO)[C@@H](O[C@@H]5O[C@H](CO)[C@H](O)[C@H](O)[C@H]5O)[C@H](O)[C@H]4NC(C)=O)[C@@H](O)[C@H](O[C@H]4O[C@H](CO)[C@@H](O)[C@H](O)[C@@H]4O[C@@H]4O[C@H](CO)[C@@H](O[C@@H]5O[C@H](CO)[C@H](O)[C@H](OS(=O)(=O)O)[C@H]5NC(C)=O)[C@H](O)[C@H]4NC(C)=O)[C@@H]3O)[C@H](O)[C@H]2NC(C)=O)[C@@H](CO[C@@H]2O[C@@H](C)[C@@H](O)[C@@H](O)[C@@H]2O)O[C@H]1O. The number of nitrogens with one attached hydrogen (secondary N) is 5. The number of carbonyl (C=O) groups is 5. The lowest BCUT2D eigenvalue weighted by Gasteiger charge is -2.51. The smallest absolute Gasteiger partial charge is 0.394 e. The van der Waals surface area contributed by atoms with Crippen LogP contribution in [0.2, 0.25) is 0 Å². The standard InChI is InChI=1S/C70H117N5O53S/c1-16-36(88)46(98)50(102)66(111-16)109-15-30-56(42(94)31(61(105)112-30)71-17(2)83)122-62-32(72-18(3)84)44(96)55(28(13-82)117-62)124-68-52(104)58(41(93)29(120-68)14-110-69-59(48(100)38(90)23(8-77)115-69)126-63-34(74-20(5)86)45(97)54(27(12-81)119-63)123-67-51(103)47(99)37(89)22(7-76)114-67)125-70-60(49(101)39(91)24(9-78)116-70)127-64-33(73-19(4)85)43(95)53(26(11-80)118-64)121-65-35(75-21(6)87)57(128-129(106,107)108)40(92)25(10-79)113-65/h16,22-70,76-82,88-105H,7-15H2,1-6H3,(H,71,83)(H,72,84)(H,73,85)(H,74,86)(H,75,87)(H,106,107,108)/t16-,22+,23+,24+,25+,26+,27+,28+,29+,30+,31+,32+,33+,34+,35+,36+,37-,38+,39+,40-,41+,42+,43+,44+,45+,46+,47-,48-,49-,50-,51+,52-,53+,54+,55+,56+,57+,58-,59-,60-,61+,62-,63-,64-,65-,66+,67-,68-,69-,70+/m0/s1. The van der Waals surface area contributed by atoms with E-state index in [0.717, 1.165) is 34.6 Å². The van der Waals surface area contributed by atoms with Crippen LogP contribution in [0, 0.1) is 0 Å². The molecular weight excluding hydrogens is 1790 g/mol. The van der Waals surface area contributed by atoms with Gasteiger partial charge < -0.3 is 244 Å². The highest BCUT2D eigenvalue weighted by atomic mass is 32.3. The highest BCUT2D eigenvalue weighted by Crippen LogP contribution is 2.41. The quantitative estimate of drug-likeness (QED) is 0.0266. The van der Waals surface area contributed by atoms with Gasteiger partial charge in [-0.3, -0.25) is 28.5 Å². The minimum absolute atomic E-state index is 0.861. The zero-order valence-electron chi connectivity index (χ0n) is 69.3. The maximum Gasteiger partial charge on any atom is 0.397 e. The van der Waals surface area contributed by atoms with Gasteiger partial charge in [0.25, 0.3) is 0 Å². The molecule has 0 spiro atoms. The monoisotopic (exact) mass is 1910 g/mol. The van der Waals surface area contributed by atoms with E-state index < -0.39 is 406 Å². The van der Waals surface area contributed by atoms with Gasteiger partial charge in [0.05, 0.1) is 65.6 Å². The Morgan fingerprint density at radius 1 is 0.256 bits per heavy atom. The molecule has 129 heavy (non-hydrogen) atoms. The van der Waals surface area contributed by atoms with Crippen LogP contribution in [-0.4, -0.2) is 536 Å². The first-order chi connectivity index (χ1) is 60.7. The predicted molar refractivity (Wildman–Crippen MR) is 397 cm³/mol. The van der Waals surface area contributed by atoms with Crippen LogP contribution in [0.5, 0.6) is 0 Å². The Hall–Kier alpha value is -4.54. The van der Waals surface area contributed by atoms with Gasteiger partial charge in [-0.25, -0.2) is 4.18 Å². The minimum atomic E-state index is -5.55. The molecule has 10 aliphatic heterocycles. The zero-order valence-corrected chi connectivity index (χ0v) is 70.1. The maximum absolute atomic E-state index is 13.3. The summed E-state index contributed by atoms with van der Waals surface area (Å²) >= 11 is 0. The molecule has 10 heterocycles. The number of aliphatic hydroxyl groups is 25. The van der Waals surface area contributed by atoms with E-state index in [1.54, 1.807) is 0 Å². The number of hydrogen-bond donors (Lipinski definition) is 31. The molecule has 0 aromatic heterocycles. The summed E-state index contributed by atoms with van der Waals surface area (Å²) in [6, 6.07) is -9.91. The highest BCUT2D eigenvalue weighted by molar-refractivity contribution is 7.80. The number of rotatable bonds is 34. The largest absolute Gasteiger partial charge is 0.397 e. The number of carbonyl (C=O) groups excluding carboxylic acids is 5. The second kappa shape index (κ2) is 46.1. The summed E-state index contributed by atoms with van der Waals surface area (Å²) in [6.07, 6.45) is -95.8. The third-order valence-electron chi connectivity index (χ3n) is 23.0. The van der Waals surface area contributed by atoms with Crippen molar-refractivity contribution in [2.45, 2.75) is 348 Å². The second-order valence-electron chi connectivity index (χ2n) is 32.2. The van der Waals surface area contributed by atoms with Gasteiger partial charge in [0.2, 0.25) is 29.5 Å². The van der Waals surface area contributed by atoms with Crippen LogP contribution >= 0.6 is 0 Å². The first-order valence-corrected chi connectivity index (χ1v) is 42.0. The fourth-order valence-electron chi connectivity index (χ4n) is 16.4. The fraction of sp³-hybridized carbons (Fsp3) is 0.929. The Labute approximate surface area is 730 Å². The first-order valence-electron chi connectivity index (χ1n) is 40.6. The van der Waals surface area contributed by atoms with Crippen LogP contribution in [0.25, 0.3) is 0 Å². The third kappa shape index (κ3) is 24.5. The molecule has 10 rings (SSSR count). The van der Waals surface area contributed by atoms with Crippen molar-refractivity contribution in [2.75, 3.05) is 59.5 Å². The average Bonchev–Trinajstić information content (AvgIpc) is 0.768. The first kappa shape index (κ1) is 107. The molecular formula is C70H117N5O53S. The summed E-state index contributed by atoms with van der Waals surface area (Å²) in [5.74, 6) is -4.90. The van der Waals surface area contributed by atoms with Crippen LogP contribution < -0.4 is 26.6 Å². The highest BCUT2D eigenvalue weighted by Gasteiger charge is 2.62. The molecule has 0 bridgehead atoms. The van der Waals surface area contributed by atoms with Crippen LogP contribution in [0.4, 0.5) is 0 Å². The summed E-state index contributed by atoms with van der Waals surface area (Å²) < 4.78 is 152. The number of ether oxygens (including phenoxy) is 19. The molecule has 746 valence electrons. The molecule has 0 aromatic carbocycles. The predicted octanol–water partition coefficient (Wildman–Crippen LogP) is -21.2. The summed E-state index contributed by atoms with van der Waals surface area (Å²) in [6.45, 7) is -4.56. The number of aliphatic hydroxyl groups excluding tert-OH is 25. The molecule has 10 saturated heterocycles. The molecule has 58 nitrogen and oxygen atoms in total. The van der Waals surface area contributed by atoms with Crippen molar-refractivity contribution in [3.63, 3.8) is 0 Å². The Bertz CT molecular complexity index is 3700. The van der Waals surface area contributed by atoms with Crippen molar-refractivity contribution in [2.24, 2.45) is 0 Å². The van der Waals surface area contributed by atoms with Crippen LogP contribution in [-0.2, 0) is 129 Å². The van der Waals surface area contributed by atoms with E-state index in [2.05, 4.69) is 30.8 Å². The molecule has 50 atom stereocenters. The molecule has 0 aliphatic carbocycles. The second-order valence-corrected chi connectivity index (χ2v) is 33.3. The lowest BCUT2D eigenvalue weighted by Crippen LogP contribution is -2.71. The van der Waals surface area contributed by atoms with Crippen LogP contribution in [0.15, 0.2) is 0 Å². The zero-order chi connectivity index (χ0) is 95.3. The van der Waals surface area contributed by atoms with Crippen molar-refractivity contribution < 1.29 is 259 Å². The van der Waals surface area contributed by atoms with E-state index in [1.807, 2.05) is 0 Å². The van der Waals surface area contributed by atoms with Crippen molar-refractivity contribution in [1.29, 1.82) is 0 Å². The van der Waals surface area contributed by atoms with Gasteiger partial charge in [-0.2, -0.15) is 8.42 Å². The molecule has 0 aromatic rings. The van der Waals surface area contributed by atoms with Crippen molar-refractivity contribution in [3.8, 4) is 0 Å². The van der Waals surface area contributed by atoms with Gasteiger partial charge in [0.1, 0.15) is 238 Å². The summed E-state index contributed by atoms with van der Waals surface area (Å²) in [7, 11) is -5.55. The third-order valence-corrected chi connectivity index (χ3v) is 23.5. The average molecular weight is 1910 g/mol. The normalized spacial score (nSPS) is 47.7. The van der Waals surface area contributed by atoms with Gasteiger partial charge in [0, 0.05) is 34.6 Å². The summed E-state index contributed by atoms with van der Waals surface area (Å²) in [5.41, 5.74) is 0. The van der Waals surface area contributed by atoms with Crippen molar-refractivity contribution in [1.82, 2.24) is 26.6 Å². The molecule has 5 amide bonds. The molecule has 10 aliphatic rings. The van der Waals surface area contributed by atoms with Crippen molar-refractivity contribution >= 4 is 39.9 Å². The maximum atomic E-state index is 13.3. The van der Waals surface area contributed by atoms with Crippen molar-refractivity contribution in [3.05, 3.63) is 0 Å². The Morgan fingerprint density at radius 2 is 0.543 bits per heavy atom. The number of hydrogen-bond acceptors (Lipinski definition) is 52.